The van der Waals surface area contributed by atoms with E-state index in [1.54, 1.807) is 11.3 Å². The van der Waals surface area contributed by atoms with E-state index in [1.165, 1.54) is 10.5 Å². The van der Waals surface area contributed by atoms with Gasteiger partial charge >= 0.3 is 6.03 Å². The van der Waals surface area contributed by atoms with E-state index >= 15 is 0 Å². The topological polar surface area (TPSA) is 65.5 Å². The summed E-state index contributed by atoms with van der Waals surface area (Å²) < 4.78 is 0. The lowest BCUT2D eigenvalue weighted by atomic mass is 9.79. The van der Waals surface area contributed by atoms with Crippen molar-refractivity contribution in [1.29, 1.82) is 0 Å². The van der Waals surface area contributed by atoms with Gasteiger partial charge < -0.3 is 5.32 Å². The van der Waals surface area contributed by atoms with Crippen LogP contribution in [-0.2, 0) is 17.9 Å². The van der Waals surface area contributed by atoms with Gasteiger partial charge in [-0.25, -0.2) is 4.79 Å². The summed E-state index contributed by atoms with van der Waals surface area (Å²) in [5, 5.41) is 8.11. The molecule has 2 fully saturated rings. The Bertz CT molecular complexity index is 1110. The standard InChI is InChI=1S/C24H26N4O2S/c1-24(22(29)28(23(30)26-24)15-18-8-12-31-16-18)20-6-10-27(11-7-20)14-17-4-5-19-3-2-9-25-21(19)13-17/h2-5,8-9,12-13,16,20H,6-7,10-11,14-15H2,1H3,(H,26,30)/t24-/m0/s1. The second-order valence-electron chi connectivity index (χ2n) is 8.74. The number of carbonyl (C=O) groups is 2. The first-order valence-electron chi connectivity index (χ1n) is 10.7. The molecular formula is C24H26N4O2S. The van der Waals surface area contributed by atoms with Crippen molar-refractivity contribution in [2.24, 2.45) is 5.92 Å². The van der Waals surface area contributed by atoms with E-state index < -0.39 is 5.54 Å². The number of imide groups is 1. The first-order chi connectivity index (χ1) is 15.0. The fourth-order valence-corrected chi connectivity index (χ4v) is 5.50. The van der Waals surface area contributed by atoms with Gasteiger partial charge in [-0.05, 0) is 78.9 Å². The molecule has 3 amide bonds. The van der Waals surface area contributed by atoms with Gasteiger partial charge in [-0.1, -0.05) is 18.2 Å². The Kier molecular flexibility index (Phi) is 5.24. The van der Waals surface area contributed by atoms with Crippen molar-refractivity contribution in [3.8, 4) is 0 Å². The van der Waals surface area contributed by atoms with Crippen LogP contribution in [-0.4, -0.2) is 45.4 Å². The van der Waals surface area contributed by atoms with Gasteiger partial charge in [-0.3, -0.25) is 19.6 Å². The van der Waals surface area contributed by atoms with Crippen molar-refractivity contribution in [3.05, 3.63) is 64.5 Å². The number of rotatable bonds is 5. The van der Waals surface area contributed by atoms with Gasteiger partial charge in [-0.15, -0.1) is 0 Å². The summed E-state index contributed by atoms with van der Waals surface area (Å²) >= 11 is 1.58. The maximum atomic E-state index is 13.2. The number of nitrogens with one attached hydrogen (secondary N) is 1. The van der Waals surface area contributed by atoms with E-state index in [0.717, 1.165) is 48.9 Å². The van der Waals surface area contributed by atoms with Gasteiger partial charge in [0.25, 0.3) is 5.91 Å². The lowest BCUT2D eigenvalue weighted by Gasteiger charge is -2.39. The van der Waals surface area contributed by atoms with Crippen molar-refractivity contribution in [3.63, 3.8) is 0 Å². The quantitative estimate of drug-likeness (QED) is 0.616. The molecule has 2 aliphatic heterocycles. The van der Waals surface area contributed by atoms with E-state index in [1.807, 2.05) is 36.0 Å². The van der Waals surface area contributed by atoms with E-state index in [2.05, 4.69) is 39.5 Å². The van der Waals surface area contributed by atoms with E-state index in [-0.39, 0.29) is 17.9 Å². The zero-order chi connectivity index (χ0) is 21.4. The Labute approximate surface area is 185 Å². The van der Waals surface area contributed by atoms with E-state index in [0.29, 0.717) is 6.54 Å². The maximum Gasteiger partial charge on any atom is 0.325 e. The SMILES string of the molecule is C[C@@]1(C2CCN(Cc3ccc4cccnc4c3)CC2)NC(=O)N(Cc2ccsc2)C1=O. The monoisotopic (exact) mass is 434 g/mol. The molecule has 2 aliphatic rings. The number of hydrogen-bond donors (Lipinski definition) is 1. The third-order valence-electron chi connectivity index (χ3n) is 6.70. The molecule has 0 unspecified atom stereocenters. The molecule has 5 rings (SSSR count). The molecule has 0 spiro atoms. The summed E-state index contributed by atoms with van der Waals surface area (Å²) in [6.07, 6.45) is 3.61. The smallest absolute Gasteiger partial charge is 0.323 e. The van der Waals surface area contributed by atoms with Gasteiger partial charge in [0.05, 0.1) is 12.1 Å². The normalized spacial score (nSPS) is 22.9. The Balaban J connectivity index is 1.22. The number of pyridine rings is 1. The summed E-state index contributed by atoms with van der Waals surface area (Å²) in [6, 6.07) is 12.2. The Morgan fingerprint density at radius 2 is 1.97 bits per heavy atom. The van der Waals surface area contributed by atoms with Crippen LogP contribution in [0.4, 0.5) is 4.79 Å². The maximum absolute atomic E-state index is 13.2. The highest BCUT2D eigenvalue weighted by Crippen LogP contribution is 2.34. The summed E-state index contributed by atoms with van der Waals surface area (Å²) in [6.45, 7) is 4.94. The van der Waals surface area contributed by atoms with Crippen molar-refractivity contribution in [2.75, 3.05) is 13.1 Å². The molecule has 3 aromatic rings. The minimum Gasteiger partial charge on any atom is -0.323 e. The average Bonchev–Trinajstić information content (AvgIpc) is 3.37. The highest BCUT2D eigenvalue weighted by molar-refractivity contribution is 7.07. The Morgan fingerprint density at radius 1 is 1.13 bits per heavy atom. The van der Waals surface area contributed by atoms with Crippen LogP contribution in [0.1, 0.15) is 30.9 Å². The van der Waals surface area contributed by atoms with Crippen LogP contribution in [0.3, 0.4) is 0 Å². The molecule has 1 N–H and O–H groups in total. The van der Waals surface area contributed by atoms with Gasteiger partial charge in [0.2, 0.25) is 0 Å². The molecule has 1 aromatic carbocycles. The molecule has 1 atom stereocenters. The van der Waals surface area contributed by atoms with Crippen molar-refractivity contribution < 1.29 is 9.59 Å². The number of amides is 3. The summed E-state index contributed by atoms with van der Waals surface area (Å²) in [5.74, 6) is 0.0497. The highest BCUT2D eigenvalue weighted by atomic mass is 32.1. The predicted molar refractivity (Wildman–Crippen MR) is 122 cm³/mol. The van der Waals surface area contributed by atoms with E-state index in [9.17, 15) is 9.59 Å². The largest absolute Gasteiger partial charge is 0.325 e. The molecule has 0 saturated carbocycles. The number of thiophene rings is 1. The molecule has 4 heterocycles. The fraction of sp³-hybridized carbons (Fsp3) is 0.375. The minimum atomic E-state index is -0.813. The van der Waals surface area contributed by atoms with Crippen LogP contribution in [0.5, 0.6) is 0 Å². The van der Waals surface area contributed by atoms with Crippen LogP contribution in [0.2, 0.25) is 0 Å². The highest BCUT2D eigenvalue weighted by Gasteiger charge is 2.52. The van der Waals surface area contributed by atoms with Crippen LogP contribution in [0.15, 0.2) is 53.4 Å². The predicted octanol–water partition coefficient (Wildman–Crippen LogP) is 4.02. The molecule has 31 heavy (non-hydrogen) atoms. The van der Waals surface area contributed by atoms with Crippen LogP contribution in [0, 0.1) is 5.92 Å². The Morgan fingerprint density at radius 3 is 2.74 bits per heavy atom. The number of carbonyl (C=O) groups excluding carboxylic acids is 2. The third-order valence-corrected chi connectivity index (χ3v) is 7.43. The van der Waals surface area contributed by atoms with Crippen molar-refractivity contribution in [2.45, 2.75) is 38.4 Å². The molecule has 0 aliphatic carbocycles. The van der Waals surface area contributed by atoms with Gasteiger partial charge in [0.15, 0.2) is 0 Å². The number of aromatic nitrogens is 1. The molecule has 2 aromatic heterocycles. The zero-order valence-corrected chi connectivity index (χ0v) is 18.4. The third kappa shape index (κ3) is 3.83. The molecule has 2 saturated heterocycles. The molecule has 0 radical (unpaired) electrons. The number of likely N-dealkylation sites (tertiary alicyclic amines) is 1. The van der Waals surface area contributed by atoms with Gasteiger partial charge in [0.1, 0.15) is 5.54 Å². The first kappa shape index (κ1) is 20.2. The average molecular weight is 435 g/mol. The van der Waals surface area contributed by atoms with Crippen LogP contribution in [0.25, 0.3) is 10.9 Å². The molecule has 160 valence electrons. The summed E-state index contributed by atoms with van der Waals surface area (Å²) in [5.41, 5.74) is 2.46. The number of piperidine rings is 1. The zero-order valence-electron chi connectivity index (χ0n) is 17.6. The molecule has 6 nitrogen and oxygen atoms in total. The number of benzene rings is 1. The number of urea groups is 1. The lowest BCUT2D eigenvalue weighted by molar-refractivity contribution is -0.133. The fourth-order valence-electron chi connectivity index (χ4n) is 4.84. The minimum absolute atomic E-state index is 0.0947. The Hall–Kier alpha value is -2.77. The van der Waals surface area contributed by atoms with Crippen molar-refractivity contribution in [1.82, 2.24) is 20.1 Å². The van der Waals surface area contributed by atoms with Crippen LogP contribution < -0.4 is 5.32 Å². The van der Waals surface area contributed by atoms with Gasteiger partial charge in [-0.2, -0.15) is 11.3 Å². The number of nitrogens with zero attached hydrogens (tertiary/aromatic N) is 3. The molecular weight excluding hydrogens is 408 g/mol. The second-order valence-corrected chi connectivity index (χ2v) is 9.52. The second kappa shape index (κ2) is 8.05. The molecule has 0 bridgehead atoms. The van der Waals surface area contributed by atoms with E-state index in [4.69, 9.17) is 0 Å². The summed E-state index contributed by atoms with van der Waals surface area (Å²) in [4.78, 5) is 34.0. The first-order valence-corrected chi connectivity index (χ1v) is 11.7. The summed E-state index contributed by atoms with van der Waals surface area (Å²) in [7, 11) is 0. The lowest BCUT2D eigenvalue weighted by Crippen LogP contribution is -2.53. The number of hydrogen-bond acceptors (Lipinski definition) is 5. The van der Waals surface area contributed by atoms with Gasteiger partial charge in [0, 0.05) is 18.1 Å². The van der Waals surface area contributed by atoms with Crippen LogP contribution >= 0.6 is 11.3 Å². The molecule has 7 heteroatoms. The number of fused-ring (bicyclic) bond motifs is 1. The van der Waals surface area contributed by atoms with Crippen molar-refractivity contribution >= 4 is 34.2 Å².